The van der Waals surface area contributed by atoms with E-state index < -0.39 is 0 Å². The molecule has 1 aliphatic rings. The van der Waals surface area contributed by atoms with Gasteiger partial charge in [0, 0.05) is 26.0 Å². The summed E-state index contributed by atoms with van der Waals surface area (Å²) in [7, 11) is 1.71. The Bertz CT molecular complexity index is 127. The highest BCUT2D eigenvalue weighted by atomic mass is 16.5. The van der Waals surface area contributed by atoms with Crippen molar-refractivity contribution >= 4 is 0 Å². The smallest absolute Gasteiger partial charge is 0.109 e. The highest BCUT2D eigenvalue weighted by Gasteiger charge is 2.28. The average molecular weight is 180 g/mol. The van der Waals surface area contributed by atoms with Crippen LogP contribution in [-0.4, -0.2) is 20.2 Å². The third-order valence-corrected chi connectivity index (χ3v) is 2.10. The summed E-state index contributed by atoms with van der Waals surface area (Å²) < 4.78 is 5.20. The van der Waals surface area contributed by atoms with Crippen LogP contribution in [-0.2, 0) is 4.74 Å². The number of rotatable bonds is 6. The molecule has 0 spiro atoms. The molecule has 0 aromatic heterocycles. The summed E-state index contributed by atoms with van der Waals surface area (Å²) in [5, 5.41) is 3.38. The van der Waals surface area contributed by atoms with Crippen molar-refractivity contribution in [3.8, 4) is 0 Å². The molecule has 0 heterocycles. The Morgan fingerprint density at radius 3 is 2.92 bits per heavy atom. The first-order valence-electron chi connectivity index (χ1n) is 4.87. The van der Waals surface area contributed by atoms with E-state index in [0.717, 1.165) is 19.2 Å². The van der Waals surface area contributed by atoms with Gasteiger partial charge < -0.3 is 10.1 Å². The van der Waals surface area contributed by atoms with Crippen LogP contribution in [0.1, 0.15) is 19.8 Å². The average Bonchev–Trinajstić information content (AvgIpc) is 2.60. The van der Waals surface area contributed by atoms with Crippen molar-refractivity contribution in [3.63, 3.8) is 0 Å². The minimum atomic E-state index is 0.913. The second-order valence-electron chi connectivity index (χ2n) is 3.15. The summed E-state index contributed by atoms with van der Waals surface area (Å²) in [5.74, 6) is 1.25. The van der Waals surface area contributed by atoms with Gasteiger partial charge in [-0.15, -0.1) is 0 Å². The predicted octanol–water partition coefficient (Wildman–Crippen LogP) is 1.76. The molecule has 1 rings (SSSR count). The van der Waals surface area contributed by atoms with E-state index in [4.69, 9.17) is 4.74 Å². The summed E-state index contributed by atoms with van der Waals surface area (Å²) in [5.41, 5.74) is 0. The van der Waals surface area contributed by atoms with Crippen molar-refractivity contribution < 1.29 is 4.74 Å². The maximum Gasteiger partial charge on any atom is 0.109 e. The van der Waals surface area contributed by atoms with Crippen molar-refractivity contribution in [1.82, 2.24) is 5.32 Å². The second-order valence-corrected chi connectivity index (χ2v) is 3.15. The Labute approximate surface area is 82.0 Å². The van der Waals surface area contributed by atoms with E-state index in [1.54, 1.807) is 7.11 Å². The molecule has 1 saturated carbocycles. The van der Waals surface area contributed by atoms with Crippen molar-refractivity contribution in [2.24, 2.45) is 0 Å². The molecule has 1 fully saturated rings. The van der Waals surface area contributed by atoms with Gasteiger partial charge in [-0.3, -0.25) is 0 Å². The fourth-order valence-electron chi connectivity index (χ4n) is 1.31. The molecular formula is C11H18NO. The summed E-state index contributed by atoms with van der Waals surface area (Å²) in [6.07, 6.45) is 9.59. The van der Waals surface area contributed by atoms with Crippen molar-refractivity contribution in [2.75, 3.05) is 20.2 Å². The van der Waals surface area contributed by atoms with E-state index in [1.807, 2.05) is 12.8 Å². The van der Waals surface area contributed by atoms with Crippen LogP contribution in [0.15, 0.2) is 0 Å². The lowest BCUT2D eigenvalue weighted by molar-refractivity contribution is 0.233. The Morgan fingerprint density at radius 1 is 1.38 bits per heavy atom. The molecule has 0 saturated heterocycles. The van der Waals surface area contributed by atoms with Crippen LogP contribution < -0.4 is 5.32 Å². The summed E-state index contributed by atoms with van der Waals surface area (Å²) in [6, 6.07) is 0. The van der Waals surface area contributed by atoms with E-state index in [0.29, 0.717) is 0 Å². The van der Waals surface area contributed by atoms with Crippen LogP contribution >= 0.6 is 0 Å². The van der Waals surface area contributed by atoms with Gasteiger partial charge in [0.1, 0.15) is 6.10 Å². The summed E-state index contributed by atoms with van der Waals surface area (Å²) >= 11 is 0. The lowest BCUT2D eigenvalue weighted by Crippen LogP contribution is -2.24. The third-order valence-electron chi connectivity index (χ3n) is 2.10. The molecule has 0 aromatic rings. The fourth-order valence-corrected chi connectivity index (χ4v) is 1.31. The van der Waals surface area contributed by atoms with Gasteiger partial charge in [0.2, 0.25) is 0 Å². The Balaban J connectivity index is 2.06. The lowest BCUT2D eigenvalue weighted by atomic mass is 10.1. The first kappa shape index (κ1) is 11.0. The number of ether oxygens (including phenoxy) is 1. The normalized spacial score (nSPS) is 19.8. The van der Waals surface area contributed by atoms with Gasteiger partial charge >= 0.3 is 0 Å². The quantitative estimate of drug-likeness (QED) is 0.629. The summed E-state index contributed by atoms with van der Waals surface area (Å²) in [6.45, 7) is 4.20. The Kier molecular flexibility index (Phi) is 5.40. The van der Waals surface area contributed by atoms with Crippen LogP contribution in [0.2, 0.25) is 0 Å². The van der Waals surface area contributed by atoms with Crippen molar-refractivity contribution in [1.29, 1.82) is 0 Å². The second kappa shape index (κ2) is 6.39. The maximum atomic E-state index is 5.20. The van der Waals surface area contributed by atoms with Crippen LogP contribution in [0.3, 0.4) is 0 Å². The molecule has 2 nitrogen and oxygen atoms in total. The van der Waals surface area contributed by atoms with E-state index >= 15 is 0 Å². The standard InChI is InChI=1S/C11H18NO/c1-3-4-8-12-9-10-6-5-7-11(10)13-2/h5-7,12H,3-4,8-9H2,1-2H3. The highest BCUT2D eigenvalue weighted by Crippen LogP contribution is 2.32. The SMILES string of the molecule is CCCCNC[C]1[CH][CH][CH][C]1OC. The highest BCUT2D eigenvalue weighted by molar-refractivity contribution is 5.41. The number of hydrogen-bond acceptors (Lipinski definition) is 2. The number of unbranched alkanes of at least 4 members (excludes halogenated alkanes) is 1. The van der Waals surface area contributed by atoms with Gasteiger partial charge in [-0.05, 0) is 25.8 Å². The molecule has 1 N–H and O–H groups in total. The Hall–Kier alpha value is -0.0800. The number of hydrogen-bond donors (Lipinski definition) is 1. The van der Waals surface area contributed by atoms with Gasteiger partial charge in [0.15, 0.2) is 0 Å². The zero-order chi connectivity index (χ0) is 9.52. The molecule has 0 aliphatic heterocycles. The minimum Gasteiger partial charge on any atom is -0.374 e. The lowest BCUT2D eigenvalue weighted by Gasteiger charge is -2.16. The molecule has 0 amide bonds. The molecule has 5 radical (unpaired) electrons. The minimum absolute atomic E-state index is 0.913. The van der Waals surface area contributed by atoms with Gasteiger partial charge in [-0.2, -0.15) is 0 Å². The van der Waals surface area contributed by atoms with E-state index in [-0.39, 0.29) is 0 Å². The molecule has 0 aromatic carbocycles. The molecular weight excluding hydrogens is 162 g/mol. The van der Waals surface area contributed by atoms with Crippen molar-refractivity contribution in [2.45, 2.75) is 19.8 Å². The first-order chi connectivity index (χ1) is 6.38. The predicted molar refractivity (Wildman–Crippen MR) is 54.2 cm³/mol. The zero-order valence-electron chi connectivity index (χ0n) is 8.47. The first-order valence-corrected chi connectivity index (χ1v) is 4.87. The van der Waals surface area contributed by atoms with Gasteiger partial charge in [-0.1, -0.05) is 13.3 Å². The molecule has 2 heteroatoms. The largest absolute Gasteiger partial charge is 0.374 e. The van der Waals surface area contributed by atoms with E-state index in [9.17, 15) is 0 Å². The number of nitrogens with one attached hydrogen (secondary N) is 1. The fraction of sp³-hybridized carbons (Fsp3) is 0.545. The van der Waals surface area contributed by atoms with Gasteiger partial charge in [0.25, 0.3) is 0 Å². The molecule has 0 atom stereocenters. The van der Waals surface area contributed by atoms with Gasteiger partial charge in [-0.25, -0.2) is 0 Å². The van der Waals surface area contributed by atoms with Crippen molar-refractivity contribution in [3.05, 3.63) is 31.3 Å². The maximum absolute atomic E-state index is 5.20. The number of methoxy groups -OCH3 is 1. The van der Waals surface area contributed by atoms with Crippen LogP contribution in [0.5, 0.6) is 0 Å². The Morgan fingerprint density at radius 2 is 2.23 bits per heavy atom. The van der Waals surface area contributed by atoms with E-state index in [1.165, 1.54) is 18.8 Å². The molecule has 1 aliphatic carbocycles. The third kappa shape index (κ3) is 3.65. The van der Waals surface area contributed by atoms with E-state index in [2.05, 4.69) is 18.7 Å². The molecule has 13 heavy (non-hydrogen) atoms. The van der Waals surface area contributed by atoms with Gasteiger partial charge in [0.05, 0.1) is 0 Å². The van der Waals surface area contributed by atoms with Crippen LogP contribution in [0.4, 0.5) is 0 Å². The topological polar surface area (TPSA) is 21.3 Å². The molecule has 0 bridgehead atoms. The molecule has 0 unspecified atom stereocenters. The zero-order valence-corrected chi connectivity index (χ0v) is 8.47. The van der Waals surface area contributed by atoms with Crippen LogP contribution in [0, 0.1) is 31.3 Å². The molecule has 73 valence electrons. The summed E-state index contributed by atoms with van der Waals surface area (Å²) in [4.78, 5) is 0. The monoisotopic (exact) mass is 180 g/mol. The van der Waals surface area contributed by atoms with Crippen LogP contribution in [0.25, 0.3) is 0 Å².